The van der Waals surface area contributed by atoms with Gasteiger partial charge in [0.1, 0.15) is 6.04 Å². The van der Waals surface area contributed by atoms with Gasteiger partial charge in [0.05, 0.1) is 7.11 Å². The summed E-state index contributed by atoms with van der Waals surface area (Å²) in [7, 11) is 1.54. The van der Waals surface area contributed by atoms with Crippen LogP contribution in [0.25, 0.3) is 0 Å². The normalized spacial score (nSPS) is 12.6. The molecule has 0 saturated carbocycles. The Labute approximate surface area is 183 Å². The van der Waals surface area contributed by atoms with Crippen molar-refractivity contribution >= 4 is 23.4 Å². The first kappa shape index (κ1) is 23.5. The monoisotopic (exact) mass is 432 g/mol. The molecule has 6 nitrogen and oxygen atoms in total. The summed E-state index contributed by atoms with van der Waals surface area (Å²) in [5, 5.41) is 3.47. The van der Waals surface area contributed by atoms with Crippen molar-refractivity contribution in [3.05, 3.63) is 59.1 Å². The average Bonchev–Trinajstić information content (AvgIpc) is 2.76. The van der Waals surface area contributed by atoms with Gasteiger partial charge in [0.2, 0.25) is 5.91 Å². The molecule has 0 aromatic heterocycles. The van der Waals surface area contributed by atoms with E-state index in [0.717, 1.165) is 12.0 Å². The van der Waals surface area contributed by atoms with Gasteiger partial charge in [0.15, 0.2) is 18.1 Å². The summed E-state index contributed by atoms with van der Waals surface area (Å²) < 4.78 is 10.9. The van der Waals surface area contributed by atoms with Crippen LogP contribution in [0.3, 0.4) is 0 Å². The lowest BCUT2D eigenvalue weighted by atomic mass is 10.1. The van der Waals surface area contributed by atoms with E-state index < -0.39 is 6.04 Å². The molecule has 162 valence electrons. The number of benzene rings is 2. The lowest BCUT2D eigenvalue weighted by Gasteiger charge is -2.30. The van der Waals surface area contributed by atoms with Gasteiger partial charge in [0, 0.05) is 17.6 Å². The van der Waals surface area contributed by atoms with Crippen molar-refractivity contribution < 1.29 is 19.1 Å². The van der Waals surface area contributed by atoms with E-state index in [2.05, 4.69) is 5.32 Å². The van der Waals surface area contributed by atoms with Gasteiger partial charge in [-0.3, -0.25) is 9.59 Å². The molecule has 0 saturated heterocycles. The molecule has 0 fully saturated rings. The van der Waals surface area contributed by atoms with Gasteiger partial charge in [-0.1, -0.05) is 48.9 Å². The molecule has 2 aromatic rings. The molecule has 2 atom stereocenters. The fraction of sp³-hybridized carbons (Fsp3) is 0.391. The molecule has 1 N–H and O–H groups in total. The molecule has 0 unspecified atom stereocenters. The lowest BCUT2D eigenvalue weighted by molar-refractivity contribution is -0.142. The molecule has 0 heterocycles. The minimum absolute atomic E-state index is 0.0158. The molecule has 7 heteroatoms. The fourth-order valence-corrected chi connectivity index (χ4v) is 3.01. The SMILES string of the molecule is CC[C@H](C)NC(=O)[C@@H](C)N(Cc1ccccc1Cl)C(=O)COc1ccccc1OC. The second-order valence-corrected chi connectivity index (χ2v) is 7.45. The molecule has 0 aliphatic carbocycles. The van der Waals surface area contributed by atoms with E-state index in [4.69, 9.17) is 21.1 Å². The highest BCUT2D eigenvalue weighted by molar-refractivity contribution is 6.31. The van der Waals surface area contributed by atoms with Crippen LogP contribution < -0.4 is 14.8 Å². The van der Waals surface area contributed by atoms with Crippen molar-refractivity contribution in [3.8, 4) is 11.5 Å². The number of para-hydroxylation sites is 2. The molecule has 0 aliphatic rings. The van der Waals surface area contributed by atoms with Crippen molar-refractivity contribution in [2.75, 3.05) is 13.7 Å². The van der Waals surface area contributed by atoms with Gasteiger partial charge in [-0.25, -0.2) is 0 Å². The minimum Gasteiger partial charge on any atom is -0.493 e. The molecule has 2 amide bonds. The standard InChI is InChI=1S/C23H29ClN2O4/c1-5-16(2)25-23(28)17(3)26(14-18-10-6-7-11-19(18)24)22(27)15-30-21-13-9-8-12-20(21)29-4/h6-13,16-17H,5,14-15H2,1-4H3,(H,25,28)/t16-,17+/m0/s1. The molecular weight excluding hydrogens is 404 g/mol. The van der Waals surface area contributed by atoms with Gasteiger partial charge < -0.3 is 19.7 Å². The maximum absolute atomic E-state index is 13.1. The summed E-state index contributed by atoms with van der Waals surface area (Å²) in [6.07, 6.45) is 0.799. The number of methoxy groups -OCH3 is 1. The molecule has 0 radical (unpaired) electrons. The topological polar surface area (TPSA) is 67.9 Å². The van der Waals surface area contributed by atoms with Crippen LogP contribution in [0.4, 0.5) is 0 Å². The molecular formula is C23H29ClN2O4. The highest BCUT2D eigenvalue weighted by Gasteiger charge is 2.27. The van der Waals surface area contributed by atoms with Crippen molar-refractivity contribution in [2.24, 2.45) is 0 Å². The second-order valence-electron chi connectivity index (χ2n) is 7.05. The number of nitrogens with one attached hydrogen (secondary N) is 1. The van der Waals surface area contributed by atoms with E-state index in [1.165, 1.54) is 12.0 Å². The summed E-state index contributed by atoms with van der Waals surface area (Å²) in [6, 6.07) is 13.7. The van der Waals surface area contributed by atoms with Gasteiger partial charge in [0.25, 0.3) is 5.91 Å². The zero-order valence-electron chi connectivity index (χ0n) is 17.9. The number of nitrogens with zero attached hydrogens (tertiary/aromatic N) is 1. The van der Waals surface area contributed by atoms with E-state index in [-0.39, 0.29) is 31.0 Å². The highest BCUT2D eigenvalue weighted by Crippen LogP contribution is 2.26. The van der Waals surface area contributed by atoms with Crippen molar-refractivity contribution in [2.45, 2.75) is 45.8 Å². The molecule has 0 bridgehead atoms. The van der Waals surface area contributed by atoms with E-state index in [1.54, 1.807) is 31.2 Å². The molecule has 2 aromatic carbocycles. The summed E-state index contributed by atoms with van der Waals surface area (Å²) in [5.74, 6) is 0.447. The predicted molar refractivity (Wildman–Crippen MR) is 118 cm³/mol. The number of halogens is 1. The first-order valence-electron chi connectivity index (χ1n) is 9.96. The lowest BCUT2D eigenvalue weighted by Crippen LogP contribution is -2.50. The Morgan fingerprint density at radius 3 is 2.33 bits per heavy atom. The maximum Gasteiger partial charge on any atom is 0.261 e. The third kappa shape index (κ3) is 6.39. The van der Waals surface area contributed by atoms with Crippen LogP contribution in [-0.2, 0) is 16.1 Å². The highest BCUT2D eigenvalue weighted by atomic mass is 35.5. The van der Waals surface area contributed by atoms with Crippen LogP contribution in [0.15, 0.2) is 48.5 Å². The number of amides is 2. The van der Waals surface area contributed by atoms with Gasteiger partial charge in [-0.2, -0.15) is 0 Å². The Balaban J connectivity index is 2.19. The largest absolute Gasteiger partial charge is 0.493 e. The number of carbonyl (C=O) groups excluding carboxylic acids is 2. The van der Waals surface area contributed by atoms with E-state index in [9.17, 15) is 9.59 Å². The number of carbonyl (C=O) groups is 2. The van der Waals surface area contributed by atoms with Crippen LogP contribution in [0.5, 0.6) is 11.5 Å². The average molecular weight is 433 g/mol. The van der Waals surface area contributed by atoms with Gasteiger partial charge >= 0.3 is 0 Å². The van der Waals surface area contributed by atoms with Crippen LogP contribution >= 0.6 is 11.6 Å². The number of ether oxygens (including phenoxy) is 2. The Morgan fingerprint density at radius 1 is 1.07 bits per heavy atom. The van der Waals surface area contributed by atoms with Crippen LogP contribution in [-0.4, -0.2) is 42.5 Å². The Morgan fingerprint density at radius 2 is 1.70 bits per heavy atom. The van der Waals surface area contributed by atoms with E-state index in [0.29, 0.717) is 16.5 Å². The van der Waals surface area contributed by atoms with Crippen LogP contribution in [0.2, 0.25) is 5.02 Å². The Hall–Kier alpha value is -2.73. The second kappa shape index (κ2) is 11.5. The van der Waals surface area contributed by atoms with E-state index in [1.807, 2.05) is 38.1 Å². The minimum atomic E-state index is -0.691. The van der Waals surface area contributed by atoms with Crippen molar-refractivity contribution in [1.29, 1.82) is 0 Å². The number of hydrogen-bond acceptors (Lipinski definition) is 4. The summed E-state index contributed by atoms with van der Waals surface area (Å²) in [6.45, 7) is 5.59. The summed E-state index contributed by atoms with van der Waals surface area (Å²) in [4.78, 5) is 27.3. The van der Waals surface area contributed by atoms with Crippen LogP contribution in [0.1, 0.15) is 32.8 Å². The quantitative estimate of drug-likeness (QED) is 0.614. The number of hydrogen-bond donors (Lipinski definition) is 1. The summed E-state index contributed by atoms with van der Waals surface area (Å²) >= 11 is 6.29. The zero-order valence-corrected chi connectivity index (χ0v) is 18.6. The Bertz CT molecular complexity index is 859. The third-order valence-corrected chi connectivity index (χ3v) is 5.26. The van der Waals surface area contributed by atoms with Crippen molar-refractivity contribution in [3.63, 3.8) is 0 Å². The van der Waals surface area contributed by atoms with Gasteiger partial charge in [-0.15, -0.1) is 0 Å². The maximum atomic E-state index is 13.1. The first-order chi connectivity index (χ1) is 14.4. The summed E-state index contributed by atoms with van der Waals surface area (Å²) in [5.41, 5.74) is 0.757. The van der Waals surface area contributed by atoms with Crippen molar-refractivity contribution in [1.82, 2.24) is 10.2 Å². The predicted octanol–water partition coefficient (Wildman–Crippen LogP) is 4.06. The van der Waals surface area contributed by atoms with Crippen LogP contribution in [0, 0.1) is 0 Å². The van der Waals surface area contributed by atoms with Gasteiger partial charge in [-0.05, 0) is 44.0 Å². The van der Waals surface area contributed by atoms with E-state index >= 15 is 0 Å². The first-order valence-corrected chi connectivity index (χ1v) is 10.3. The molecule has 0 aliphatic heterocycles. The smallest absolute Gasteiger partial charge is 0.261 e. The zero-order chi connectivity index (χ0) is 22.1. The molecule has 2 rings (SSSR count). The molecule has 0 spiro atoms. The Kier molecular flexibility index (Phi) is 8.99. The number of rotatable bonds is 10. The molecule has 30 heavy (non-hydrogen) atoms. The third-order valence-electron chi connectivity index (χ3n) is 4.89. The fourth-order valence-electron chi connectivity index (χ4n) is 2.82.